The van der Waals surface area contributed by atoms with Crippen molar-refractivity contribution in [1.82, 2.24) is 24.9 Å². The van der Waals surface area contributed by atoms with Crippen molar-refractivity contribution < 1.29 is 4.74 Å². The van der Waals surface area contributed by atoms with Crippen molar-refractivity contribution in [2.45, 2.75) is 26.8 Å². The fraction of sp³-hybridized carbons (Fsp3) is 0.778. The predicted octanol–water partition coefficient (Wildman–Crippen LogP) is 0.766. The Hall–Kier alpha value is -1.60. The van der Waals surface area contributed by atoms with Crippen LogP contribution in [0.4, 0.5) is 0 Å². The number of aromatic nitrogens is 2. The fourth-order valence-electron chi connectivity index (χ4n) is 3.90. The molecule has 0 aliphatic carbocycles. The van der Waals surface area contributed by atoms with Gasteiger partial charge in [-0.15, -0.1) is 0 Å². The molecule has 1 N–H and O–H groups in total. The Labute approximate surface area is 151 Å². The summed E-state index contributed by atoms with van der Waals surface area (Å²) in [6.45, 7) is 12.2. The van der Waals surface area contributed by atoms with E-state index in [4.69, 9.17) is 4.74 Å². The number of ether oxygens (including phenoxy) is 1. The molecule has 0 saturated carbocycles. The smallest absolute Gasteiger partial charge is 0.193 e. The molecule has 1 aromatic heterocycles. The van der Waals surface area contributed by atoms with Crippen LogP contribution in [0.3, 0.4) is 0 Å². The molecule has 1 aromatic rings. The number of nitrogens with zero attached hydrogens (tertiary/aromatic N) is 5. The summed E-state index contributed by atoms with van der Waals surface area (Å²) in [5, 5.41) is 8.03. The zero-order valence-corrected chi connectivity index (χ0v) is 16.1. The average Bonchev–Trinajstić information content (AvgIpc) is 3.16. The maximum atomic E-state index is 5.45. The first-order valence-electron chi connectivity index (χ1n) is 9.33. The molecule has 0 bridgehead atoms. The first kappa shape index (κ1) is 18.2. The molecule has 2 saturated heterocycles. The largest absolute Gasteiger partial charge is 0.379 e. The highest BCUT2D eigenvalue weighted by atomic mass is 16.5. The zero-order valence-electron chi connectivity index (χ0n) is 16.1. The number of rotatable bonds is 4. The van der Waals surface area contributed by atoms with Crippen molar-refractivity contribution in [2.24, 2.45) is 18.0 Å². The minimum Gasteiger partial charge on any atom is -0.379 e. The molecule has 140 valence electrons. The van der Waals surface area contributed by atoms with Crippen LogP contribution in [0.25, 0.3) is 0 Å². The molecule has 2 fully saturated rings. The third kappa shape index (κ3) is 4.33. The molecule has 7 nitrogen and oxygen atoms in total. The Morgan fingerprint density at radius 2 is 2.04 bits per heavy atom. The minimum atomic E-state index is 0.721. The third-order valence-corrected chi connectivity index (χ3v) is 5.50. The lowest BCUT2D eigenvalue weighted by Crippen LogP contribution is -2.42. The molecule has 0 amide bonds. The zero-order chi connectivity index (χ0) is 17.8. The monoisotopic (exact) mass is 348 g/mol. The summed E-state index contributed by atoms with van der Waals surface area (Å²) in [4.78, 5) is 9.44. The molecular formula is C18H32N6O. The molecule has 2 aliphatic rings. The van der Waals surface area contributed by atoms with Gasteiger partial charge in [0.15, 0.2) is 5.96 Å². The van der Waals surface area contributed by atoms with E-state index in [1.54, 1.807) is 0 Å². The van der Waals surface area contributed by atoms with Gasteiger partial charge in [0, 0.05) is 64.6 Å². The minimum absolute atomic E-state index is 0.721. The van der Waals surface area contributed by atoms with E-state index in [-0.39, 0.29) is 0 Å². The fourth-order valence-corrected chi connectivity index (χ4v) is 3.90. The van der Waals surface area contributed by atoms with Crippen LogP contribution in [0, 0.1) is 19.8 Å². The Kier molecular flexibility index (Phi) is 5.96. The Balaban J connectivity index is 1.51. The van der Waals surface area contributed by atoms with Gasteiger partial charge in [0.1, 0.15) is 0 Å². The number of aliphatic imine (C=N–C) groups is 1. The van der Waals surface area contributed by atoms with Gasteiger partial charge >= 0.3 is 0 Å². The Bertz CT molecular complexity index is 605. The van der Waals surface area contributed by atoms with Crippen LogP contribution in [0.2, 0.25) is 0 Å². The highest BCUT2D eigenvalue weighted by molar-refractivity contribution is 5.80. The molecule has 0 radical (unpaired) electrons. The van der Waals surface area contributed by atoms with Crippen LogP contribution in [0.15, 0.2) is 4.99 Å². The van der Waals surface area contributed by atoms with E-state index in [9.17, 15) is 0 Å². The quantitative estimate of drug-likeness (QED) is 0.643. The van der Waals surface area contributed by atoms with Gasteiger partial charge in [0.05, 0.1) is 18.9 Å². The summed E-state index contributed by atoms with van der Waals surface area (Å²) in [5.74, 6) is 1.73. The Morgan fingerprint density at radius 1 is 1.28 bits per heavy atom. The van der Waals surface area contributed by atoms with Crippen LogP contribution in [0.1, 0.15) is 23.4 Å². The maximum absolute atomic E-state index is 5.45. The van der Waals surface area contributed by atoms with Gasteiger partial charge in [-0.3, -0.25) is 14.6 Å². The molecular weight excluding hydrogens is 316 g/mol. The lowest BCUT2D eigenvalue weighted by atomic mass is 10.1. The van der Waals surface area contributed by atoms with Crippen LogP contribution >= 0.6 is 0 Å². The summed E-state index contributed by atoms with van der Waals surface area (Å²) in [6, 6.07) is 0. The number of hydrogen-bond acceptors (Lipinski definition) is 4. The third-order valence-electron chi connectivity index (χ3n) is 5.50. The molecule has 25 heavy (non-hydrogen) atoms. The average molecular weight is 348 g/mol. The van der Waals surface area contributed by atoms with Crippen molar-refractivity contribution in [1.29, 1.82) is 0 Å². The lowest BCUT2D eigenvalue weighted by Gasteiger charge is -2.29. The van der Waals surface area contributed by atoms with E-state index >= 15 is 0 Å². The maximum Gasteiger partial charge on any atom is 0.193 e. The normalized spacial score (nSPS) is 22.6. The van der Waals surface area contributed by atoms with E-state index < -0.39 is 0 Å². The van der Waals surface area contributed by atoms with Gasteiger partial charge in [0.25, 0.3) is 0 Å². The molecule has 3 heterocycles. The number of hydrogen-bond donors (Lipinski definition) is 1. The van der Waals surface area contributed by atoms with E-state index in [0.29, 0.717) is 0 Å². The number of likely N-dealkylation sites (tertiary alicyclic amines) is 1. The molecule has 3 rings (SSSR count). The number of nitrogens with one attached hydrogen (secondary N) is 1. The van der Waals surface area contributed by atoms with Crippen molar-refractivity contribution >= 4 is 5.96 Å². The van der Waals surface area contributed by atoms with Crippen molar-refractivity contribution in [2.75, 3.05) is 53.0 Å². The highest BCUT2D eigenvalue weighted by Crippen LogP contribution is 2.19. The topological polar surface area (TPSA) is 57.9 Å². The summed E-state index contributed by atoms with van der Waals surface area (Å²) in [6.07, 6.45) is 1.24. The lowest BCUT2D eigenvalue weighted by molar-refractivity contribution is 0.0315. The molecule has 2 aliphatic heterocycles. The number of guanidine groups is 1. The van der Waals surface area contributed by atoms with Crippen LogP contribution in [-0.4, -0.2) is 78.5 Å². The molecule has 1 atom stereocenters. The van der Waals surface area contributed by atoms with Crippen molar-refractivity contribution in [3.05, 3.63) is 17.0 Å². The van der Waals surface area contributed by atoms with E-state index in [2.05, 4.69) is 39.1 Å². The van der Waals surface area contributed by atoms with Crippen LogP contribution in [0.5, 0.6) is 0 Å². The van der Waals surface area contributed by atoms with Gasteiger partial charge in [-0.1, -0.05) is 0 Å². The SMILES string of the molecule is CN=C(NCc1c(C)nn(C)c1C)N1CCC(CN2CCOCC2)C1. The summed E-state index contributed by atoms with van der Waals surface area (Å²) in [7, 11) is 3.87. The second-order valence-electron chi connectivity index (χ2n) is 7.19. The summed E-state index contributed by atoms with van der Waals surface area (Å²) in [5.41, 5.74) is 3.58. The second kappa shape index (κ2) is 8.19. The first-order valence-corrected chi connectivity index (χ1v) is 9.33. The van der Waals surface area contributed by atoms with Crippen molar-refractivity contribution in [3.8, 4) is 0 Å². The second-order valence-corrected chi connectivity index (χ2v) is 7.19. The van der Waals surface area contributed by atoms with E-state index in [1.807, 2.05) is 18.8 Å². The van der Waals surface area contributed by atoms with Crippen LogP contribution in [-0.2, 0) is 18.3 Å². The van der Waals surface area contributed by atoms with Gasteiger partial charge in [-0.25, -0.2) is 0 Å². The highest BCUT2D eigenvalue weighted by Gasteiger charge is 2.27. The standard InChI is InChI=1S/C18H32N6O/c1-14-17(15(2)22(4)21-14)11-20-18(19-3)24-6-5-16(13-24)12-23-7-9-25-10-8-23/h16H,5-13H2,1-4H3,(H,19,20). The number of morpholine rings is 1. The molecule has 1 unspecified atom stereocenters. The first-order chi connectivity index (χ1) is 12.1. The van der Waals surface area contributed by atoms with Gasteiger partial charge in [-0.2, -0.15) is 5.10 Å². The van der Waals surface area contributed by atoms with Gasteiger partial charge < -0.3 is 15.0 Å². The molecule has 0 aromatic carbocycles. The van der Waals surface area contributed by atoms with Gasteiger partial charge in [-0.05, 0) is 26.2 Å². The van der Waals surface area contributed by atoms with E-state index in [1.165, 1.54) is 24.2 Å². The molecule has 7 heteroatoms. The Morgan fingerprint density at radius 3 is 2.68 bits per heavy atom. The van der Waals surface area contributed by atoms with Crippen molar-refractivity contribution in [3.63, 3.8) is 0 Å². The summed E-state index contributed by atoms with van der Waals surface area (Å²) < 4.78 is 7.40. The summed E-state index contributed by atoms with van der Waals surface area (Å²) >= 11 is 0. The number of aryl methyl sites for hydroxylation is 2. The molecule has 0 spiro atoms. The van der Waals surface area contributed by atoms with Gasteiger partial charge in [0.2, 0.25) is 0 Å². The van der Waals surface area contributed by atoms with E-state index in [0.717, 1.165) is 63.5 Å². The van der Waals surface area contributed by atoms with Crippen LogP contribution < -0.4 is 5.32 Å². The predicted molar refractivity (Wildman–Crippen MR) is 99.8 cm³/mol.